The Morgan fingerprint density at radius 3 is 2.75 bits per heavy atom. The first-order chi connectivity index (χ1) is 7.72. The standard InChI is InChI=1S/C13H28N2O/c1-4-15(9-11(2)10-16-3)13-7-5-6-12(13)8-14/h11-13H,4-10,14H2,1-3H3. The lowest BCUT2D eigenvalue weighted by molar-refractivity contribution is 0.100. The lowest BCUT2D eigenvalue weighted by atomic mass is 10.0. The average molecular weight is 228 g/mol. The molecular weight excluding hydrogens is 200 g/mol. The molecule has 1 rings (SSSR count). The Morgan fingerprint density at radius 1 is 1.44 bits per heavy atom. The van der Waals surface area contributed by atoms with Crippen molar-refractivity contribution in [1.29, 1.82) is 0 Å². The van der Waals surface area contributed by atoms with E-state index in [0.717, 1.165) is 32.2 Å². The third-order valence-corrected chi connectivity index (χ3v) is 3.79. The van der Waals surface area contributed by atoms with Crippen molar-refractivity contribution in [2.45, 2.75) is 39.2 Å². The van der Waals surface area contributed by atoms with Crippen LogP contribution >= 0.6 is 0 Å². The fourth-order valence-electron chi connectivity index (χ4n) is 3.01. The molecule has 1 fully saturated rings. The second-order valence-electron chi connectivity index (χ2n) is 5.14. The Kier molecular flexibility index (Phi) is 6.32. The van der Waals surface area contributed by atoms with Crippen molar-refractivity contribution in [3.63, 3.8) is 0 Å². The number of rotatable bonds is 7. The summed E-state index contributed by atoms with van der Waals surface area (Å²) < 4.78 is 5.21. The molecule has 1 aliphatic carbocycles. The maximum atomic E-state index is 5.85. The van der Waals surface area contributed by atoms with E-state index in [9.17, 15) is 0 Å². The maximum absolute atomic E-state index is 5.85. The Balaban J connectivity index is 2.46. The van der Waals surface area contributed by atoms with Crippen LogP contribution in [0.4, 0.5) is 0 Å². The first-order valence-corrected chi connectivity index (χ1v) is 6.65. The molecule has 0 radical (unpaired) electrons. The minimum Gasteiger partial charge on any atom is -0.384 e. The van der Waals surface area contributed by atoms with Gasteiger partial charge in [-0.1, -0.05) is 20.3 Å². The zero-order valence-corrected chi connectivity index (χ0v) is 11.1. The van der Waals surface area contributed by atoms with E-state index in [4.69, 9.17) is 10.5 Å². The highest BCUT2D eigenvalue weighted by atomic mass is 16.5. The predicted octanol–water partition coefficient (Wildman–Crippen LogP) is 1.72. The summed E-state index contributed by atoms with van der Waals surface area (Å²) in [5, 5.41) is 0. The van der Waals surface area contributed by atoms with Gasteiger partial charge in [-0.05, 0) is 37.8 Å². The van der Waals surface area contributed by atoms with E-state index in [2.05, 4.69) is 18.7 Å². The summed E-state index contributed by atoms with van der Waals surface area (Å²) in [4.78, 5) is 2.61. The molecule has 0 aromatic rings. The van der Waals surface area contributed by atoms with Crippen molar-refractivity contribution in [1.82, 2.24) is 4.90 Å². The van der Waals surface area contributed by atoms with Crippen molar-refractivity contribution >= 4 is 0 Å². The Bertz CT molecular complexity index is 187. The number of ether oxygens (including phenoxy) is 1. The van der Waals surface area contributed by atoms with Crippen LogP contribution in [0, 0.1) is 11.8 Å². The summed E-state index contributed by atoms with van der Waals surface area (Å²) in [5.41, 5.74) is 5.85. The molecule has 3 unspecified atom stereocenters. The van der Waals surface area contributed by atoms with E-state index >= 15 is 0 Å². The van der Waals surface area contributed by atoms with Crippen LogP contribution in [0.5, 0.6) is 0 Å². The van der Waals surface area contributed by atoms with E-state index in [1.54, 1.807) is 7.11 Å². The summed E-state index contributed by atoms with van der Waals surface area (Å²) in [6.07, 6.45) is 3.99. The van der Waals surface area contributed by atoms with Crippen LogP contribution in [0.25, 0.3) is 0 Å². The van der Waals surface area contributed by atoms with E-state index in [1.807, 2.05) is 0 Å². The lowest BCUT2D eigenvalue weighted by Crippen LogP contribution is -2.43. The molecule has 3 heteroatoms. The Morgan fingerprint density at radius 2 is 2.19 bits per heavy atom. The van der Waals surface area contributed by atoms with Crippen molar-refractivity contribution in [3.05, 3.63) is 0 Å². The zero-order chi connectivity index (χ0) is 12.0. The molecule has 0 aliphatic heterocycles. The van der Waals surface area contributed by atoms with Gasteiger partial charge >= 0.3 is 0 Å². The van der Waals surface area contributed by atoms with Crippen LogP contribution in [-0.4, -0.2) is 44.3 Å². The molecule has 0 aromatic carbocycles. The molecule has 0 saturated heterocycles. The molecular formula is C13H28N2O. The quantitative estimate of drug-likeness (QED) is 0.721. The topological polar surface area (TPSA) is 38.5 Å². The van der Waals surface area contributed by atoms with Gasteiger partial charge in [0.15, 0.2) is 0 Å². The van der Waals surface area contributed by atoms with Crippen molar-refractivity contribution < 1.29 is 4.74 Å². The van der Waals surface area contributed by atoms with Crippen LogP contribution in [0.3, 0.4) is 0 Å². The highest BCUT2D eigenvalue weighted by molar-refractivity contribution is 4.86. The minimum atomic E-state index is 0.615. The molecule has 0 bridgehead atoms. The highest BCUT2D eigenvalue weighted by Gasteiger charge is 2.30. The summed E-state index contributed by atoms with van der Waals surface area (Å²) in [5.74, 6) is 1.33. The van der Waals surface area contributed by atoms with Gasteiger partial charge in [-0.25, -0.2) is 0 Å². The van der Waals surface area contributed by atoms with Crippen molar-refractivity contribution in [2.24, 2.45) is 17.6 Å². The van der Waals surface area contributed by atoms with Gasteiger partial charge in [-0.3, -0.25) is 4.90 Å². The molecule has 1 aliphatic rings. The second-order valence-corrected chi connectivity index (χ2v) is 5.14. The van der Waals surface area contributed by atoms with E-state index in [-0.39, 0.29) is 0 Å². The van der Waals surface area contributed by atoms with Crippen LogP contribution in [0.2, 0.25) is 0 Å². The normalized spacial score (nSPS) is 27.6. The molecule has 0 aromatic heterocycles. The van der Waals surface area contributed by atoms with Gasteiger partial charge in [-0.15, -0.1) is 0 Å². The molecule has 0 amide bonds. The Hall–Kier alpha value is -0.120. The largest absolute Gasteiger partial charge is 0.384 e. The van der Waals surface area contributed by atoms with Crippen LogP contribution in [0.1, 0.15) is 33.1 Å². The molecule has 0 spiro atoms. The number of methoxy groups -OCH3 is 1. The Labute approximate surface area is 100 Å². The van der Waals surface area contributed by atoms with E-state index in [1.165, 1.54) is 19.3 Å². The molecule has 96 valence electrons. The van der Waals surface area contributed by atoms with E-state index in [0.29, 0.717) is 12.0 Å². The first kappa shape index (κ1) is 13.9. The average Bonchev–Trinajstić information content (AvgIpc) is 2.74. The van der Waals surface area contributed by atoms with E-state index < -0.39 is 0 Å². The van der Waals surface area contributed by atoms with Crippen molar-refractivity contribution in [3.8, 4) is 0 Å². The number of hydrogen-bond donors (Lipinski definition) is 1. The molecule has 3 nitrogen and oxygen atoms in total. The second kappa shape index (κ2) is 7.25. The van der Waals surface area contributed by atoms with Gasteiger partial charge in [0.25, 0.3) is 0 Å². The fraction of sp³-hybridized carbons (Fsp3) is 1.00. The SMILES string of the molecule is CCN(CC(C)COC)C1CCCC1CN. The molecule has 0 heterocycles. The van der Waals surface area contributed by atoms with Crippen LogP contribution in [0.15, 0.2) is 0 Å². The van der Waals surface area contributed by atoms with Gasteiger partial charge in [0, 0.05) is 26.3 Å². The van der Waals surface area contributed by atoms with Crippen LogP contribution in [-0.2, 0) is 4.74 Å². The number of hydrogen-bond acceptors (Lipinski definition) is 3. The summed E-state index contributed by atoms with van der Waals surface area (Å²) in [6, 6.07) is 0.717. The van der Waals surface area contributed by atoms with Gasteiger partial charge in [0.2, 0.25) is 0 Å². The molecule has 3 atom stereocenters. The van der Waals surface area contributed by atoms with Gasteiger partial charge in [-0.2, -0.15) is 0 Å². The first-order valence-electron chi connectivity index (χ1n) is 6.65. The molecule has 16 heavy (non-hydrogen) atoms. The fourth-order valence-corrected chi connectivity index (χ4v) is 3.01. The van der Waals surface area contributed by atoms with Gasteiger partial charge in [0.1, 0.15) is 0 Å². The molecule has 2 N–H and O–H groups in total. The summed E-state index contributed by atoms with van der Waals surface area (Å²) in [7, 11) is 1.78. The highest BCUT2D eigenvalue weighted by Crippen LogP contribution is 2.29. The third kappa shape index (κ3) is 3.72. The minimum absolute atomic E-state index is 0.615. The van der Waals surface area contributed by atoms with Gasteiger partial charge < -0.3 is 10.5 Å². The predicted molar refractivity (Wildman–Crippen MR) is 68.5 cm³/mol. The van der Waals surface area contributed by atoms with Crippen molar-refractivity contribution in [2.75, 3.05) is 33.4 Å². The number of nitrogens with zero attached hydrogens (tertiary/aromatic N) is 1. The summed E-state index contributed by atoms with van der Waals surface area (Å²) in [6.45, 7) is 8.50. The monoisotopic (exact) mass is 228 g/mol. The number of nitrogens with two attached hydrogens (primary N) is 1. The van der Waals surface area contributed by atoms with Crippen LogP contribution < -0.4 is 5.73 Å². The van der Waals surface area contributed by atoms with Gasteiger partial charge in [0.05, 0.1) is 0 Å². The zero-order valence-electron chi connectivity index (χ0n) is 11.1. The smallest absolute Gasteiger partial charge is 0.0500 e. The third-order valence-electron chi connectivity index (χ3n) is 3.79. The molecule has 1 saturated carbocycles. The summed E-state index contributed by atoms with van der Waals surface area (Å²) >= 11 is 0. The lowest BCUT2D eigenvalue weighted by Gasteiger charge is -2.33. The maximum Gasteiger partial charge on any atom is 0.0500 e.